The Morgan fingerprint density at radius 3 is 2.14 bits per heavy atom. The molecule has 2 aromatic carbocycles. The van der Waals surface area contributed by atoms with Crippen LogP contribution in [-0.4, -0.2) is 54.9 Å². The predicted molar refractivity (Wildman–Crippen MR) is 110 cm³/mol. The van der Waals surface area contributed by atoms with Crippen molar-refractivity contribution in [3.63, 3.8) is 0 Å². The van der Waals surface area contributed by atoms with Crippen LogP contribution < -0.4 is 4.74 Å². The van der Waals surface area contributed by atoms with Gasteiger partial charge in [-0.1, -0.05) is 43.3 Å². The van der Waals surface area contributed by atoms with Gasteiger partial charge in [0.25, 0.3) is 5.91 Å². The van der Waals surface area contributed by atoms with Crippen LogP contribution in [0.2, 0.25) is 0 Å². The molecule has 0 saturated carbocycles. The largest absolute Gasteiger partial charge is 0.496 e. The number of hydrogen-bond donors (Lipinski definition) is 0. The topological polar surface area (TPSA) is 49.9 Å². The van der Waals surface area contributed by atoms with Gasteiger partial charge in [0, 0.05) is 32.6 Å². The summed E-state index contributed by atoms with van der Waals surface area (Å²) in [6, 6.07) is 15.7. The molecule has 0 spiro atoms. The summed E-state index contributed by atoms with van der Waals surface area (Å²) >= 11 is 0. The van der Waals surface area contributed by atoms with Gasteiger partial charge in [-0.3, -0.25) is 9.59 Å². The highest BCUT2D eigenvalue weighted by atomic mass is 16.5. The first kappa shape index (κ1) is 19.9. The Morgan fingerprint density at radius 1 is 0.893 bits per heavy atom. The van der Waals surface area contributed by atoms with E-state index in [2.05, 4.69) is 31.2 Å². The number of carbonyl (C=O) groups is 2. The normalized spacial score (nSPS) is 14.1. The molecule has 0 bridgehead atoms. The average Bonchev–Trinajstić information content (AvgIpc) is 2.77. The highest BCUT2D eigenvalue weighted by Crippen LogP contribution is 2.20. The quantitative estimate of drug-likeness (QED) is 0.773. The lowest BCUT2D eigenvalue weighted by Crippen LogP contribution is -2.50. The third-order valence-corrected chi connectivity index (χ3v) is 5.32. The van der Waals surface area contributed by atoms with Crippen molar-refractivity contribution in [2.24, 2.45) is 0 Å². The van der Waals surface area contributed by atoms with Crippen molar-refractivity contribution in [2.75, 3.05) is 33.3 Å². The van der Waals surface area contributed by atoms with Crippen molar-refractivity contribution < 1.29 is 14.3 Å². The van der Waals surface area contributed by atoms with E-state index in [4.69, 9.17) is 4.74 Å². The molecular formula is C23H28N2O3. The summed E-state index contributed by atoms with van der Waals surface area (Å²) in [5, 5.41) is 0. The zero-order chi connectivity index (χ0) is 19.9. The number of piperazine rings is 1. The van der Waals surface area contributed by atoms with E-state index < -0.39 is 0 Å². The van der Waals surface area contributed by atoms with Crippen molar-refractivity contribution >= 4 is 11.8 Å². The van der Waals surface area contributed by atoms with Crippen LogP contribution in [0.1, 0.15) is 34.8 Å². The maximum atomic E-state index is 12.8. The van der Waals surface area contributed by atoms with Crippen molar-refractivity contribution in [3.8, 4) is 5.75 Å². The summed E-state index contributed by atoms with van der Waals surface area (Å²) in [6.45, 7) is 4.39. The maximum absolute atomic E-state index is 12.8. The molecule has 1 aliphatic heterocycles. The van der Waals surface area contributed by atoms with Gasteiger partial charge in [0.1, 0.15) is 5.75 Å². The minimum atomic E-state index is -0.0411. The van der Waals surface area contributed by atoms with Gasteiger partial charge < -0.3 is 14.5 Å². The Balaban J connectivity index is 1.50. The van der Waals surface area contributed by atoms with Gasteiger partial charge in [-0.05, 0) is 36.1 Å². The Morgan fingerprint density at radius 2 is 1.50 bits per heavy atom. The number of nitrogens with zero attached hydrogens (tertiary/aromatic N) is 2. The van der Waals surface area contributed by atoms with Gasteiger partial charge >= 0.3 is 0 Å². The molecule has 3 rings (SSSR count). The molecule has 0 atom stereocenters. The third kappa shape index (κ3) is 4.71. The van der Waals surface area contributed by atoms with Crippen LogP contribution in [-0.2, 0) is 17.6 Å². The number of rotatable bonds is 6. The fourth-order valence-electron chi connectivity index (χ4n) is 3.50. The lowest BCUT2D eigenvalue weighted by Gasteiger charge is -2.35. The Kier molecular flexibility index (Phi) is 6.69. The molecule has 1 heterocycles. The lowest BCUT2D eigenvalue weighted by molar-refractivity contribution is -0.132. The van der Waals surface area contributed by atoms with Gasteiger partial charge in [0.05, 0.1) is 12.7 Å². The number of para-hydroxylation sites is 1. The molecule has 28 heavy (non-hydrogen) atoms. The Labute approximate surface area is 166 Å². The number of aryl methyl sites for hydroxylation is 2. The van der Waals surface area contributed by atoms with Crippen LogP contribution in [0, 0.1) is 0 Å². The van der Waals surface area contributed by atoms with Crippen molar-refractivity contribution in [1.29, 1.82) is 0 Å². The van der Waals surface area contributed by atoms with Gasteiger partial charge in [0.15, 0.2) is 0 Å². The molecule has 1 aliphatic rings. The van der Waals surface area contributed by atoms with Crippen LogP contribution in [0.15, 0.2) is 48.5 Å². The first-order valence-electron chi connectivity index (χ1n) is 9.90. The molecule has 0 N–H and O–H groups in total. The molecule has 0 aromatic heterocycles. The number of hydrogen-bond acceptors (Lipinski definition) is 3. The Hall–Kier alpha value is -2.82. The maximum Gasteiger partial charge on any atom is 0.257 e. The lowest BCUT2D eigenvalue weighted by atomic mass is 10.1. The SMILES string of the molecule is CCc1ccc(CCC(=O)N2CCN(C(=O)c3ccccc3OC)CC2)cc1. The minimum absolute atomic E-state index is 0.0411. The fraction of sp³-hybridized carbons (Fsp3) is 0.391. The summed E-state index contributed by atoms with van der Waals surface area (Å²) < 4.78 is 5.29. The number of carbonyl (C=O) groups excluding carboxylic acids is 2. The van der Waals surface area contributed by atoms with E-state index in [0.29, 0.717) is 43.9 Å². The summed E-state index contributed by atoms with van der Waals surface area (Å²) in [6.07, 6.45) is 2.28. The molecule has 148 valence electrons. The highest BCUT2D eigenvalue weighted by molar-refractivity contribution is 5.97. The van der Waals surface area contributed by atoms with Gasteiger partial charge in [-0.15, -0.1) is 0 Å². The summed E-state index contributed by atoms with van der Waals surface area (Å²) in [5.74, 6) is 0.699. The first-order chi connectivity index (χ1) is 13.6. The zero-order valence-electron chi connectivity index (χ0n) is 16.7. The molecule has 1 saturated heterocycles. The van der Waals surface area contributed by atoms with Crippen LogP contribution >= 0.6 is 0 Å². The van der Waals surface area contributed by atoms with E-state index in [1.54, 1.807) is 24.1 Å². The first-order valence-corrected chi connectivity index (χ1v) is 9.90. The molecule has 2 aromatic rings. The van der Waals surface area contributed by atoms with Crippen LogP contribution in [0.3, 0.4) is 0 Å². The molecule has 2 amide bonds. The molecular weight excluding hydrogens is 352 g/mol. The van der Waals surface area contributed by atoms with Crippen LogP contribution in [0.25, 0.3) is 0 Å². The van der Waals surface area contributed by atoms with Crippen LogP contribution in [0.5, 0.6) is 5.75 Å². The second kappa shape index (κ2) is 9.40. The minimum Gasteiger partial charge on any atom is -0.496 e. The van der Waals surface area contributed by atoms with E-state index >= 15 is 0 Å². The number of benzene rings is 2. The van der Waals surface area contributed by atoms with E-state index in [0.717, 1.165) is 12.8 Å². The highest BCUT2D eigenvalue weighted by Gasteiger charge is 2.26. The molecule has 0 radical (unpaired) electrons. The van der Waals surface area contributed by atoms with E-state index in [1.165, 1.54) is 11.1 Å². The number of amides is 2. The molecule has 5 heteroatoms. The zero-order valence-corrected chi connectivity index (χ0v) is 16.7. The van der Waals surface area contributed by atoms with E-state index in [1.807, 2.05) is 17.0 Å². The molecule has 1 fully saturated rings. The van der Waals surface area contributed by atoms with Crippen molar-refractivity contribution in [2.45, 2.75) is 26.2 Å². The monoisotopic (exact) mass is 380 g/mol. The summed E-state index contributed by atoms with van der Waals surface area (Å²) in [7, 11) is 1.57. The van der Waals surface area contributed by atoms with E-state index in [-0.39, 0.29) is 11.8 Å². The summed E-state index contributed by atoms with van der Waals surface area (Å²) in [4.78, 5) is 29.0. The predicted octanol–water partition coefficient (Wildman–Crippen LogP) is 3.17. The smallest absolute Gasteiger partial charge is 0.257 e. The second-order valence-electron chi connectivity index (χ2n) is 7.04. The number of methoxy groups -OCH3 is 1. The van der Waals surface area contributed by atoms with Crippen molar-refractivity contribution in [1.82, 2.24) is 9.80 Å². The standard InChI is InChI=1S/C23H28N2O3/c1-3-18-8-10-19(11-9-18)12-13-22(26)24-14-16-25(17-15-24)23(27)20-6-4-5-7-21(20)28-2/h4-11H,3,12-17H2,1-2H3. The van der Waals surface area contributed by atoms with Crippen LogP contribution in [0.4, 0.5) is 0 Å². The van der Waals surface area contributed by atoms with Gasteiger partial charge in [0.2, 0.25) is 5.91 Å². The fourth-order valence-corrected chi connectivity index (χ4v) is 3.50. The molecule has 5 nitrogen and oxygen atoms in total. The van der Waals surface area contributed by atoms with Gasteiger partial charge in [-0.2, -0.15) is 0 Å². The molecule has 0 unspecified atom stereocenters. The molecule has 0 aliphatic carbocycles. The van der Waals surface area contributed by atoms with Crippen molar-refractivity contribution in [3.05, 3.63) is 65.2 Å². The Bertz CT molecular complexity index is 809. The number of ether oxygens (including phenoxy) is 1. The summed E-state index contributed by atoms with van der Waals surface area (Å²) in [5.41, 5.74) is 3.07. The second-order valence-corrected chi connectivity index (χ2v) is 7.04. The van der Waals surface area contributed by atoms with E-state index in [9.17, 15) is 9.59 Å². The van der Waals surface area contributed by atoms with Gasteiger partial charge in [-0.25, -0.2) is 0 Å². The third-order valence-electron chi connectivity index (χ3n) is 5.32. The average molecular weight is 380 g/mol.